The van der Waals surface area contributed by atoms with Gasteiger partial charge >= 0.3 is 7.82 Å². The number of aliphatic hydroxyl groups excluding tert-OH is 2. The number of hydrogen-bond acceptors (Lipinski definition) is 10. The predicted molar refractivity (Wildman–Crippen MR) is 108 cm³/mol. The van der Waals surface area contributed by atoms with E-state index in [1.807, 2.05) is 0 Å². The minimum atomic E-state index is -4.80. The van der Waals surface area contributed by atoms with Crippen LogP contribution in [-0.2, 0) is 13.8 Å². The molecule has 0 saturated carbocycles. The number of ether oxygens (including phenoxy) is 1. The van der Waals surface area contributed by atoms with Crippen LogP contribution in [0.2, 0.25) is 0 Å². The fourth-order valence-corrected chi connectivity index (χ4v) is 3.70. The summed E-state index contributed by atoms with van der Waals surface area (Å²) in [5, 5.41) is 23.9. The molecule has 2 aromatic heterocycles. The number of aromatic amines is 1. The highest BCUT2D eigenvalue weighted by Crippen LogP contribution is 2.39. The molecule has 0 amide bonds. The Labute approximate surface area is 176 Å². The molecule has 0 bridgehead atoms. The van der Waals surface area contributed by atoms with Gasteiger partial charge in [-0.2, -0.15) is 0 Å². The standard InChI is InChI=1S/C16H27N6O8P/c17-5-3-1-2-4-6-18-16-21-10-13(19-8-20-14(10)25)22(16)15-12(24)11(23)9(30-15)7-29-31(26,27)28/h8-9,11-12,15,23-24H,1-7,17H2,(H,18,21)(H,19,20,25)(H2,26,27,28)/t9-,11-,12-,15-/m1/s1. The molecule has 0 radical (unpaired) electrons. The molecule has 174 valence electrons. The van der Waals surface area contributed by atoms with Gasteiger partial charge in [-0.1, -0.05) is 12.8 Å². The van der Waals surface area contributed by atoms with Crippen molar-refractivity contribution in [1.82, 2.24) is 19.5 Å². The van der Waals surface area contributed by atoms with E-state index < -0.39 is 44.5 Å². The van der Waals surface area contributed by atoms with Crippen molar-refractivity contribution < 1.29 is 33.8 Å². The summed E-state index contributed by atoms with van der Waals surface area (Å²) in [6, 6.07) is 0. The Bertz CT molecular complexity index is 977. The first-order valence-electron chi connectivity index (χ1n) is 9.84. The largest absolute Gasteiger partial charge is 0.469 e. The van der Waals surface area contributed by atoms with Gasteiger partial charge in [0.05, 0.1) is 12.9 Å². The maximum atomic E-state index is 12.2. The molecule has 1 fully saturated rings. The summed E-state index contributed by atoms with van der Waals surface area (Å²) in [6.07, 6.45) is -0.617. The quantitative estimate of drug-likeness (QED) is 0.154. The maximum Gasteiger partial charge on any atom is 0.469 e. The first-order valence-corrected chi connectivity index (χ1v) is 11.4. The van der Waals surface area contributed by atoms with Crippen molar-refractivity contribution in [2.24, 2.45) is 5.73 Å². The summed E-state index contributed by atoms with van der Waals surface area (Å²) in [7, 11) is -4.80. The van der Waals surface area contributed by atoms with E-state index in [0.717, 1.165) is 25.7 Å². The monoisotopic (exact) mass is 462 g/mol. The average Bonchev–Trinajstić information content (AvgIpc) is 3.21. The topological polar surface area (TPSA) is 218 Å². The molecular formula is C16H27N6O8P. The van der Waals surface area contributed by atoms with Gasteiger partial charge in [0.15, 0.2) is 17.4 Å². The first-order chi connectivity index (χ1) is 14.7. The van der Waals surface area contributed by atoms with E-state index in [-0.39, 0.29) is 17.1 Å². The van der Waals surface area contributed by atoms with Gasteiger partial charge in [0.1, 0.15) is 18.3 Å². The second kappa shape index (κ2) is 10.1. The number of imidazole rings is 1. The number of rotatable bonds is 11. The number of fused-ring (bicyclic) bond motifs is 1. The van der Waals surface area contributed by atoms with Gasteiger partial charge in [-0.3, -0.25) is 13.9 Å². The van der Waals surface area contributed by atoms with E-state index in [1.165, 1.54) is 10.9 Å². The summed E-state index contributed by atoms with van der Waals surface area (Å²) in [4.78, 5) is 40.7. The summed E-state index contributed by atoms with van der Waals surface area (Å²) in [6.45, 7) is 0.495. The van der Waals surface area contributed by atoms with Crippen LogP contribution in [0, 0.1) is 0 Å². The maximum absolute atomic E-state index is 12.2. The van der Waals surface area contributed by atoms with Gasteiger partial charge in [0.2, 0.25) is 5.95 Å². The van der Waals surface area contributed by atoms with Crippen LogP contribution < -0.4 is 16.6 Å². The highest BCUT2D eigenvalue weighted by molar-refractivity contribution is 7.46. The highest BCUT2D eigenvalue weighted by atomic mass is 31.2. The van der Waals surface area contributed by atoms with Crippen molar-refractivity contribution in [1.29, 1.82) is 0 Å². The van der Waals surface area contributed by atoms with Gasteiger partial charge < -0.3 is 40.8 Å². The lowest BCUT2D eigenvalue weighted by Gasteiger charge is -2.19. The number of nitrogens with one attached hydrogen (secondary N) is 2. The minimum Gasteiger partial charge on any atom is -0.387 e. The number of phosphoric acid groups is 1. The normalized spacial score (nSPS) is 24.2. The number of unbranched alkanes of at least 4 members (excludes halogenated alkanes) is 3. The fraction of sp³-hybridized carbons (Fsp3) is 0.688. The molecule has 8 N–H and O–H groups in total. The lowest BCUT2D eigenvalue weighted by molar-refractivity contribution is -0.0494. The molecule has 0 spiro atoms. The smallest absolute Gasteiger partial charge is 0.387 e. The van der Waals surface area contributed by atoms with Crippen molar-refractivity contribution in [2.75, 3.05) is 25.0 Å². The van der Waals surface area contributed by atoms with Crippen LogP contribution in [0.3, 0.4) is 0 Å². The summed E-state index contributed by atoms with van der Waals surface area (Å²) in [5.41, 5.74) is 5.11. The Kier molecular flexibility index (Phi) is 7.78. The summed E-state index contributed by atoms with van der Waals surface area (Å²) >= 11 is 0. The van der Waals surface area contributed by atoms with Crippen LogP contribution in [0.25, 0.3) is 11.2 Å². The molecular weight excluding hydrogens is 435 g/mol. The Morgan fingerprint density at radius 3 is 2.71 bits per heavy atom. The molecule has 31 heavy (non-hydrogen) atoms. The van der Waals surface area contributed by atoms with Crippen LogP contribution in [-0.4, -0.2) is 77.5 Å². The number of nitrogens with zero attached hydrogens (tertiary/aromatic N) is 3. The van der Waals surface area contributed by atoms with Crippen molar-refractivity contribution in [3.05, 3.63) is 16.7 Å². The Balaban J connectivity index is 1.83. The zero-order valence-electron chi connectivity index (χ0n) is 16.6. The van der Waals surface area contributed by atoms with E-state index in [9.17, 15) is 19.6 Å². The number of nitrogens with two attached hydrogens (primary N) is 1. The lowest BCUT2D eigenvalue weighted by Crippen LogP contribution is -2.33. The van der Waals surface area contributed by atoms with E-state index in [4.69, 9.17) is 20.3 Å². The zero-order chi connectivity index (χ0) is 22.6. The summed E-state index contributed by atoms with van der Waals surface area (Å²) < 4.78 is 22.3. The third kappa shape index (κ3) is 5.67. The summed E-state index contributed by atoms with van der Waals surface area (Å²) in [5.74, 6) is 0.200. The van der Waals surface area contributed by atoms with E-state index >= 15 is 0 Å². The van der Waals surface area contributed by atoms with Crippen LogP contribution in [0.5, 0.6) is 0 Å². The zero-order valence-corrected chi connectivity index (χ0v) is 17.5. The van der Waals surface area contributed by atoms with Crippen molar-refractivity contribution in [2.45, 2.75) is 50.2 Å². The number of aromatic nitrogens is 4. The van der Waals surface area contributed by atoms with Gasteiger partial charge in [0, 0.05) is 6.54 Å². The molecule has 14 nitrogen and oxygen atoms in total. The Hall–Kier alpha value is -1.90. The van der Waals surface area contributed by atoms with Crippen LogP contribution >= 0.6 is 7.82 Å². The van der Waals surface area contributed by atoms with Gasteiger partial charge in [-0.25, -0.2) is 14.5 Å². The molecule has 0 aliphatic carbocycles. The number of hydrogen-bond donors (Lipinski definition) is 7. The van der Waals surface area contributed by atoms with Crippen LogP contribution in [0.1, 0.15) is 31.9 Å². The number of H-pyrrole nitrogens is 1. The number of aliphatic hydroxyl groups is 2. The molecule has 1 saturated heterocycles. The molecule has 1 aliphatic heterocycles. The van der Waals surface area contributed by atoms with Crippen molar-refractivity contribution >= 4 is 24.9 Å². The average molecular weight is 462 g/mol. The second-order valence-electron chi connectivity index (χ2n) is 7.17. The number of anilines is 1. The van der Waals surface area contributed by atoms with Gasteiger partial charge in [0.25, 0.3) is 5.56 Å². The molecule has 3 heterocycles. The lowest BCUT2D eigenvalue weighted by atomic mass is 10.1. The SMILES string of the molecule is NCCCCCCNc1nc2c(=O)[nH]cnc2n1[C@@H]1O[C@H](COP(=O)(O)O)[C@@H](O)[C@H]1O. The molecule has 15 heteroatoms. The van der Waals surface area contributed by atoms with E-state index in [0.29, 0.717) is 13.1 Å². The predicted octanol–water partition coefficient (Wildman–Crippen LogP) is -1.22. The molecule has 2 aromatic rings. The number of phosphoric ester groups is 1. The Morgan fingerprint density at radius 1 is 1.26 bits per heavy atom. The molecule has 0 aromatic carbocycles. The molecule has 3 rings (SSSR count). The Morgan fingerprint density at radius 2 is 2.00 bits per heavy atom. The van der Waals surface area contributed by atoms with Crippen molar-refractivity contribution in [3.8, 4) is 0 Å². The minimum absolute atomic E-state index is 0.00772. The highest BCUT2D eigenvalue weighted by Gasteiger charge is 2.46. The molecule has 0 unspecified atom stereocenters. The fourth-order valence-electron chi connectivity index (χ4n) is 3.36. The second-order valence-corrected chi connectivity index (χ2v) is 8.41. The van der Waals surface area contributed by atoms with Gasteiger partial charge in [-0.15, -0.1) is 0 Å². The van der Waals surface area contributed by atoms with Crippen molar-refractivity contribution in [3.63, 3.8) is 0 Å². The molecule has 4 atom stereocenters. The first kappa shape index (κ1) is 23.8. The van der Waals surface area contributed by atoms with Crippen LogP contribution in [0.15, 0.2) is 11.1 Å². The van der Waals surface area contributed by atoms with E-state index in [1.54, 1.807) is 0 Å². The third-order valence-corrected chi connectivity index (χ3v) is 5.38. The van der Waals surface area contributed by atoms with Gasteiger partial charge in [-0.05, 0) is 19.4 Å². The van der Waals surface area contributed by atoms with E-state index in [2.05, 4.69) is 24.8 Å². The molecule has 1 aliphatic rings. The third-order valence-electron chi connectivity index (χ3n) is 4.90. The van der Waals surface area contributed by atoms with Crippen LogP contribution in [0.4, 0.5) is 5.95 Å².